The van der Waals surface area contributed by atoms with E-state index >= 15 is 0 Å². The summed E-state index contributed by atoms with van der Waals surface area (Å²) in [6, 6.07) is 59.6. The lowest BCUT2D eigenvalue weighted by Gasteiger charge is -2.65. The van der Waals surface area contributed by atoms with Crippen LogP contribution in [0.4, 0.5) is 10.6 Å². The number of hydrogen-bond donors (Lipinski definition) is 4. The summed E-state index contributed by atoms with van der Waals surface area (Å²) >= 11 is 0. The molecule has 11 heterocycles. The molecule has 0 radical (unpaired) electrons. The number of likely N-dealkylation sites (N-methyl/N-ethyl adjacent to an activating group) is 2. The van der Waals surface area contributed by atoms with Crippen LogP contribution in [0.15, 0.2) is 224 Å². The number of aliphatic hydroxyl groups is 1. The second-order valence-electron chi connectivity index (χ2n) is 33.7. The Morgan fingerprint density at radius 1 is 0.667 bits per heavy atom. The van der Waals surface area contributed by atoms with Crippen molar-refractivity contribution in [1.29, 1.82) is 0 Å². The third-order valence-corrected chi connectivity index (χ3v) is 26.9. The number of benzene rings is 7. The summed E-state index contributed by atoms with van der Waals surface area (Å²) in [6.45, 7) is 18.7. The van der Waals surface area contributed by atoms with Crippen molar-refractivity contribution in [3.8, 4) is 33.9 Å². The largest absolute Gasteiger partial charge is 0.496 e. The summed E-state index contributed by atoms with van der Waals surface area (Å²) in [5, 5.41) is 20.7. The number of sulfone groups is 1. The predicted molar refractivity (Wildman–Crippen MR) is 482 cm³/mol. The SMILES string of the molecule is CC1CCN(C(=O)N2CCCC2)CC1N(C)c1ncnc2[nH]ccc12.COc1cc(-c2cn[nH]c2)ccc1C(=O)Cc1ccc2c(c1)CCNCC2.Cc1cc(CS(=O)(=O)c2ccccc2)cc(OCc2ccc(CN3CCCC3CO)cc2)c1.Cc1ccc(CC(=O)c2ccc(CN3C(C)C4C3CN4C)cc2)cc1Cc1nccc(-c2cccnc2)n1. The number of carbonyl (C=O) groups is 3. The topological polar surface area (TPSA) is 264 Å². The lowest BCUT2D eigenvalue weighted by molar-refractivity contribution is -0.158. The molecule has 5 aromatic heterocycles. The van der Waals surface area contributed by atoms with Crippen LogP contribution in [0.5, 0.6) is 11.5 Å². The molecule has 24 heteroatoms. The number of carbonyl (C=O) groups excluding carboxylic acids is 3. The first-order chi connectivity index (χ1) is 59.8. The third kappa shape index (κ3) is 21.4. The number of H-pyrrole nitrogens is 2. The Morgan fingerprint density at radius 2 is 1.42 bits per heavy atom. The zero-order chi connectivity index (χ0) is 85.5. The van der Waals surface area contributed by atoms with E-state index in [-0.39, 0.29) is 42.0 Å². The first kappa shape index (κ1) is 86.3. The Morgan fingerprint density at radius 3 is 2.18 bits per heavy atom. The van der Waals surface area contributed by atoms with Crippen molar-refractivity contribution in [2.45, 2.75) is 152 Å². The Labute approximate surface area is 722 Å². The molecule has 6 atom stereocenters. The number of rotatable bonds is 24. The fourth-order valence-corrected chi connectivity index (χ4v) is 19.5. The molecule has 7 aromatic carbocycles. The predicted octanol–water partition coefficient (Wildman–Crippen LogP) is 14.8. The van der Waals surface area contributed by atoms with E-state index in [1.165, 1.54) is 27.8 Å². The maximum atomic E-state index is 13.1. The first-order valence-electron chi connectivity index (χ1n) is 43.2. The number of fused-ring (bicyclic) bond motifs is 3. The molecule has 2 amide bonds. The van der Waals surface area contributed by atoms with E-state index in [0.717, 1.165) is 189 Å². The van der Waals surface area contributed by atoms with Gasteiger partial charge in [-0.15, -0.1) is 0 Å². The average Bonchev–Trinajstić information content (AvgIpc) is 1.09. The highest BCUT2D eigenvalue weighted by molar-refractivity contribution is 7.90. The van der Waals surface area contributed by atoms with Gasteiger partial charge in [0.2, 0.25) is 0 Å². The van der Waals surface area contributed by atoms with Gasteiger partial charge in [-0.2, -0.15) is 5.10 Å². The minimum absolute atomic E-state index is 0.0604. The number of pyridine rings is 1. The van der Waals surface area contributed by atoms with Crippen molar-refractivity contribution in [3.05, 3.63) is 298 Å². The number of methoxy groups -OCH3 is 1. The minimum atomic E-state index is -3.41. The number of nitrogens with one attached hydrogen (secondary N) is 3. The Balaban J connectivity index is 0.000000129. The summed E-state index contributed by atoms with van der Waals surface area (Å²) < 4.78 is 37.0. The molecule has 6 unspecified atom stereocenters. The minimum Gasteiger partial charge on any atom is -0.496 e. The van der Waals surface area contributed by atoms with E-state index in [9.17, 15) is 27.9 Å². The molecule has 6 aliphatic heterocycles. The Hall–Kier alpha value is -11.6. The van der Waals surface area contributed by atoms with Gasteiger partial charge in [-0.25, -0.2) is 33.1 Å². The molecule has 4 N–H and O–H groups in total. The number of piperidine rings is 1. The number of likely N-dealkylation sites (tertiary alicyclic amines) is 5. The van der Waals surface area contributed by atoms with Crippen molar-refractivity contribution in [3.63, 3.8) is 0 Å². The van der Waals surface area contributed by atoms with E-state index in [1.807, 2.05) is 114 Å². The van der Waals surface area contributed by atoms with E-state index in [1.54, 1.807) is 56.3 Å². The van der Waals surface area contributed by atoms with Gasteiger partial charge in [-0.05, 0) is 226 Å². The molecule has 6 aliphatic rings. The molecule has 0 bridgehead atoms. The van der Waals surface area contributed by atoms with E-state index in [2.05, 4.69) is 168 Å². The number of ketones is 2. The number of aromatic nitrogens is 8. The highest BCUT2D eigenvalue weighted by Crippen LogP contribution is 2.40. The van der Waals surface area contributed by atoms with Gasteiger partial charge in [0.15, 0.2) is 21.4 Å². The van der Waals surface area contributed by atoms with Gasteiger partial charge in [-0.3, -0.25) is 34.4 Å². The van der Waals surface area contributed by atoms with Crippen LogP contribution in [0.2, 0.25) is 0 Å². The van der Waals surface area contributed by atoms with Crippen LogP contribution < -0.4 is 19.7 Å². The number of urea groups is 1. The number of amides is 2. The number of anilines is 1. The zero-order valence-electron chi connectivity index (χ0n) is 71.6. The fourth-order valence-electron chi connectivity index (χ4n) is 18.1. The van der Waals surface area contributed by atoms with Crippen LogP contribution in [0.1, 0.15) is 134 Å². The average molecular weight is 1670 g/mol. The molecule has 638 valence electrons. The number of nitrogens with zero attached hydrogens (tertiary/aromatic N) is 12. The van der Waals surface area contributed by atoms with Gasteiger partial charge in [0, 0.05) is 144 Å². The van der Waals surface area contributed by atoms with Crippen molar-refractivity contribution in [2.24, 2.45) is 5.92 Å². The second-order valence-corrected chi connectivity index (χ2v) is 35.7. The quantitative estimate of drug-likeness (QED) is 0.0410. The summed E-state index contributed by atoms with van der Waals surface area (Å²) in [5.74, 6) is 3.60. The molecule has 12 aromatic rings. The maximum absolute atomic E-state index is 13.1. The lowest BCUT2D eigenvalue weighted by Crippen LogP contribution is -2.81. The first-order valence-corrected chi connectivity index (χ1v) is 44.8. The van der Waals surface area contributed by atoms with E-state index in [4.69, 9.17) is 14.5 Å². The smallest absolute Gasteiger partial charge is 0.320 e. The third-order valence-electron chi connectivity index (χ3n) is 25.2. The monoisotopic (exact) mass is 1670 g/mol. The van der Waals surface area contributed by atoms with Crippen LogP contribution in [0, 0.1) is 19.8 Å². The number of aromatic amines is 2. The van der Waals surface area contributed by atoms with Gasteiger partial charge < -0.3 is 39.6 Å². The van der Waals surface area contributed by atoms with Gasteiger partial charge in [0.1, 0.15) is 41.7 Å². The number of aryl methyl sites for hydroxylation is 2. The number of Topliss-reactive ketones (excluding diaryl/α,β-unsaturated/α-hetero) is 2. The zero-order valence-corrected chi connectivity index (χ0v) is 72.4. The molecule has 0 saturated carbocycles. The maximum Gasteiger partial charge on any atom is 0.320 e. The van der Waals surface area contributed by atoms with Crippen LogP contribution in [0.3, 0.4) is 0 Å². The molecule has 123 heavy (non-hydrogen) atoms. The van der Waals surface area contributed by atoms with Gasteiger partial charge >= 0.3 is 6.03 Å². The van der Waals surface area contributed by atoms with Crippen LogP contribution >= 0.6 is 0 Å². The highest BCUT2D eigenvalue weighted by atomic mass is 32.2. The van der Waals surface area contributed by atoms with Crippen molar-refractivity contribution >= 4 is 44.3 Å². The van der Waals surface area contributed by atoms with Gasteiger partial charge in [0.25, 0.3) is 0 Å². The van der Waals surface area contributed by atoms with Crippen LogP contribution in [-0.4, -0.2) is 206 Å². The Kier molecular flexibility index (Phi) is 28.2. The summed E-state index contributed by atoms with van der Waals surface area (Å²) in [4.78, 5) is 78.1. The standard InChI is InChI=1S/C32H33N5O.C27H31NO4S.C22H23N3O2.C18H26N6O/c1-21-6-7-24(15-27(21)17-31-34-14-12-28(35-31)26-5-4-13-33-18-26)16-30(38)25-10-8-23(9-11-25)19-37-22(2)32-29(37)20-36(32)3;1-21-14-24(20-33(30,31)27-7-3-2-4-8-27)16-26(15-21)32-19-23-11-9-22(10-12-23)17-28-13-5-6-25(28)18-29;1-27-22-12-17(19-13-24-25-14-19)4-5-20(22)21(26)11-15-2-3-16-6-8-23-9-7-18(16)10-15;1-13-6-10-24(18(25)23-8-3-4-9-23)11-15(13)22(2)17-14-5-7-19-16(14)20-12-21-17/h4-15,18,22,29,32H,16-17,19-20H2,1-3H3;2-4,7-12,14-16,25,29H,5-6,13,17-20H2,1H3;2-5,10,12-14,23H,6-9,11H2,1H3,(H,24,25);5,7,12-13,15H,3-4,6,8-11H2,1-2H3,(H,19,20,21). The van der Waals surface area contributed by atoms with Gasteiger partial charge in [0.05, 0.1) is 53.2 Å². The number of piperazine rings is 1. The summed E-state index contributed by atoms with van der Waals surface area (Å²) in [5.41, 5.74) is 18.3. The number of aliphatic hydroxyl groups excluding tert-OH is 1. The van der Waals surface area contributed by atoms with Crippen molar-refractivity contribution in [2.75, 3.05) is 85.1 Å². The van der Waals surface area contributed by atoms with Crippen LogP contribution in [-0.2, 0) is 67.4 Å². The normalized spacial score (nSPS) is 18.8. The molecule has 0 spiro atoms. The molecule has 18 rings (SSSR count). The van der Waals surface area contributed by atoms with E-state index in [0.29, 0.717) is 77.4 Å². The number of ether oxygens (including phenoxy) is 2. The molecule has 5 fully saturated rings. The second kappa shape index (κ2) is 40.1. The lowest BCUT2D eigenvalue weighted by atomic mass is 9.78. The van der Waals surface area contributed by atoms with Gasteiger partial charge in [-0.1, -0.05) is 122 Å². The molecular formula is C99H113N15O8S. The Bertz CT molecular complexity index is 5690. The van der Waals surface area contributed by atoms with Crippen LogP contribution in [0.25, 0.3) is 33.4 Å². The van der Waals surface area contributed by atoms with Crippen molar-refractivity contribution in [1.82, 2.24) is 69.9 Å². The summed E-state index contributed by atoms with van der Waals surface area (Å²) in [7, 11) is 2.48. The summed E-state index contributed by atoms with van der Waals surface area (Å²) in [6.07, 6.45) is 21.3. The highest BCUT2D eigenvalue weighted by Gasteiger charge is 2.54. The molecule has 5 saturated heterocycles. The fraction of sp³-hybridized carbons (Fsp3) is 0.364. The molecule has 0 aliphatic carbocycles. The van der Waals surface area contributed by atoms with E-state index < -0.39 is 9.84 Å². The molecular weight excluding hydrogens is 1560 g/mol. The van der Waals surface area contributed by atoms with Crippen molar-refractivity contribution < 1.29 is 37.4 Å². The number of hydrogen-bond acceptors (Lipinski definition) is 19. The molecule has 23 nitrogen and oxygen atoms in total.